The number of halogens is 1. The van der Waals surface area contributed by atoms with Crippen molar-refractivity contribution in [3.8, 4) is 0 Å². The number of carbonyl (C=O) groups is 1. The van der Waals surface area contributed by atoms with Gasteiger partial charge in [0.2, 0.25) is 0 Å². The van der Waals surface area contributed by atoms with E-state index >= 15 is 0 Å². The fourth-order valence-corrected chi connectivity index (χ4v) is 1.79. The zero-order valence-corrected chi connectivity index (χ0v) is 11.9. The molecule has 0 N–H and O–H groups in total. The highest BCUT2D eigenvalue weighted by atomic mass is 79.9. The Morgan fingerprint density at radius 2 is 1.75 bits per heavy atom. The molecule has 2 nitrogen and oxygen atoms in total. The second-order valence-corrected chi connectivity index (χ2v) is 5.77. The summed E-state index contributed by atoms with van der Waals surface area (Å²) in [7, 11) is 0. The predicted octanol–water partition coefficient (Wildman–Crippen LogP) is 4.02. The van der Waals surface area contributed by atoms with E-state index in [1.807, 2.05) is 46.8 Å². The van der Waals surface area contributed by atoms with Crippen LogP contribution in [0.1, 0.15) is 42.3 Å². The van der Waals surface area contributed by atoms with Crippen molar-refractivity contribution in [2.24, 2.45) is 0 Å². The van der Waals surface area contributed by atoms with Gasteiger partial charge in [0.15, 0.2) is 0 Å². The van der Waals surface area contributed by atoms with Crippen LogP contribution in [0, 0.1) is 13.8 Å². The van der Waals surface area contributed by atoms with Gasteiger partial charge in [-0.05, 0) is 57.9 Å². The van der Waals surface area contributed by atoms with Crippen LogP contribution < -0.4 is 0 Å². The first-order chi connectivity index (χ1) is 7.20. The molecule has 0 bridgehead atoms. The molecule has 1 rings (SSSR count). The highest BCUT2D eigenvalue weighted by Gasteiger charge is 2.19. The number of aryl methyl sites for hydroxylation is 2. The van der Waals surface area contributed by atoms with Crippen molar-refractivity contribution >= 4 is 21.9 Å². The molecule has 0 heterocycles. The molecule has 0 radical (unpaired) electrons. The molecule has 0 aliphatic rings. The summed E-state index contributed by atoms with van der Waals surface area (Å²) in [6.07, 6.45) is 0. The van der Waals surface area contributed by atoms with E-state index in [0.717, 1.165) is 15.6 Å². The van der Waals surface area contributed by atoms with Gasteiger partial charge in [0.1, 0.15) is 5.60 Å². The summed E-state index contributed by atoms with van der Waals surface area (Å²) in [4.78, 5) is 11.9. The van der Waals surface area contributed by atoms with E-state index in [4.69, 9.17) is 4.74 Å². The minimum absolute atomic E-state index is 0.263. The van der Waals surface area contributed by atoms with Gasteiger partial charge in [0.05, 0.1) is 5.56 Å². The maximum atomic E-state index is 11.9. The summed E-state index contributed by atoms with van der Waals surface area (Å²) in [6.45, 7) is 9.46. The summed E-state index contributed by atoms with van der Waals surface area (Å²) in [5, 5.41) is 0. The Labute approximate surface area is 105 Å². The first kappa shape index (κ1) is 13.2. The van der Waals surface area contributed by atoms with E-state index in [0.29, 0.717) is 5.56 Å². The Morgan fingerprint density at radius 3 is 2.25 bits per heavy atom. The Bertz CT molecular complexity index is 417. The van der Waals surface area contributed by atoms with Gasteiger partial charge in [-0.15, -0.1) is 0 Å². The molecule has 0 aliphatic carbocycles. The molecule has 1 aromatic carbocycles. The van der Waals surface area contributed by atoms with Crippen LogP contribution in [0.2, 0.25) is 0 Å². The van der Waals surface area contributed by atoms with Gasteiger partial charge in [-0.3, -0.25) is 0 Å². The first-order valence-electron chi connectivity index (χ1n) is 5.21. The van der Waals surface area contributed by atoms with E-state index in [-0.39, 0.29) is 5.97 Å². The van der Waals surface area contributed by atoms with Crippen molar-refractivity contribution in [1.82, 2.24) is 0 Å². The van der Waals surface area contributed by atoms with Gasteiger partial charge < -0.3 is 4.74 Å². The normalized spacial score (nSPS) is 11.4. The minimum atomic E-state index is -0.454. The van der Waals surface area contributed by atoms with E-state index in [9.17, 15) is 4.79 Å². The number of benzene rings is 1. The molecular formula is C13H17BrO2. The Morgan fingerprint density at radius 1 is 1.19 bits per heavy atom. The number of esters is 1. The number of hydrogen-bond acceptors (Lipinski definition) is 2. The number of rotatable bonds is 1. The predicted molar refractivity (Wildman–Crippen MR) is 68.8 cm³/mol. The highest BCUT2D eigenvalue weighted by molar-refractivity contribution is 9.10. The Balaban J connectivity index is 3.05. The van der Waals surface area contributed by atoms with Crippen molar-refractivity contribution in [3.05, 3.63) is 33.3 Å². The van der Waals surface area contributed by atoms with Gasteiger partial charge in [0.25, 0.3) is 0 Å². The third-order valence-electron chi connectivity index (χ3n) is 2.12. The zero-order valence-electron chi connectivity index (χ0n) is 10.3. The number of hydrogen-bond donors (Lipinski definition) is 0. The second kappa shape index (κ2) is 4.58. The minimum Gasteiger partial charge on any atom is -0.456 e. The molecule has 3 heteroatoms. The van der Waals surface area contributed by atoms with E-state index in [1.165, 1.54) is 0 Å². The fraction of sp³-hybridized carbons (Fsp3) is 0.462. The van der Waals surface area contributed by atoms with E-state index < -0.39 is 5.60 Å². The summed E-state index contributed by atoms with van der Waals surface area (Å²) in [5.74, 6) is -0.263. The van der Waals surface area contributed by atoms with Crippen molar-refractivity contribution < 1.29 is 9.53 Å². The van der Waals surface area contributed by atoms with Gasteiger partial charge in [-0.25, -0.2) is 4.79 Å². The Kier molecular flexibility index (Phi) is 3.79. The van der Waals surface area contributed by atoms with Crippen LogP contribution in [0.25, 0.3) is 0 Å². The zero-order chi connectivity index (χ0) is 12.5. The van der Waals surface area contributed by atoms with Crippen molar-refractivity contribution in [2.75, 3.05) is 0 Å². The lowest BCUT2D eigenvalue weighted by atomic mass is 10.1. The number of ether oxygens (including phenoxy) is 1. The summed E-state index contributed by atoms with van der Waals surface area (Å²) in [5.41, 5.74) is 2.14. The molecule has 0 saturated carbocycles. The average Bonchev–Trinajstić information content (AvgIpc) is 2.08. The molecule has 0 spiro atoms. The number of carbonyl (C=O) groups excluding carboxylic acids is 1. The molecule has 0 fully saturated rings. The monoisotopic (exact) mass is 284 g/mol. The maximum Gasteiger partial charge on any atom is 0.338 e. The summed E-state index contributed by atoms with van der Waals surface area (Å²) < 4.78 is 6.36. The van der Waals surface area contributed by atoms with Crippen LogP contribution in [0.5, 0.6) is 0 Å². The molecule has 0 aromatic heterocycles. The van der Waals surface area contributed by atoms with Crippen molar-refractivity contribution in [2.45, 2.75) is 40.2 Å². The first-order valence-corrected chi connectivity index (χ1v) is 6.00. The lowest BCUT2D eigenvalue weighted by Crippen LogP contribution is -2.24. The van der Waals surface area contributed by atoms with Crippen LogP contribution in [-0.4, -0.2) is 11.6 Å². The van der Waals surface area contributed by atoms with Gasteiger partial charge in [-0.1, -0.05) is 15.9 Å². The largest absolute Gasteiger partial charge is 0.456 e. The van der Waals surface area contributed by atoms with Crippen LogP contribution in [0.15, 0.2) is 16.6 Å². The van der Waals surface area contributed by atoms with Crippen molar-refractivity contribution in [3.63, 3.8) is 0 Å². The third kappa shape index (κ3) is 3.34. The SMILES string of the molecule is Cc1cc(C(=O)OC(C)(C)C)c(C)cc1Br. The van der Waals surface area contributed by atoms with E-state index in [1.54, 1.807) is 0 Å². The molecule has 0 unspecified atom stereocenters. The van der Waals surface area contributed by atoms with Gasteiger partial charge in [-0.2, -0.15) is 0 Å². The maximum absolute atomic E-state index is 11.9. The van der Waals surface area contributed by atoms with Crippen molar-refractivity contribution in [1.29, 1.82) is 0 Å². The molecule has 0 saturated heterocycles. The topological polar surface area (TPSA) is 26.3 Å². The lowest BCUT2D eigenvalue weighted by Gasteiger charge is -2.20. The second-order valence-electron chi connectivity index (χ2n) is 4.92. The highest BCUT2D eigenvalue weighted by Crippen LogP contribution is 2.22. The average molecular weight is 285 g/mol. The van der Waals surface area contributed by atoms with Crippen LogP contribution in [0.4, 0.5) is 0 Å². The van der Waals surface area contributed by atoms with Crippen LogP contribution in [0.3, 0.4) is 0 Å². The molecule has 88 valence electrons. The third-order valence-corrected chi connectivity index (χ3v) is 2.98. The van der Waals surface area contributed by atoms with Crippen LogP contribution >= 0.6 is 15.9 Å². The fourth-order valence-electron chi connectivity index (χ4n) is 1.33. The Hall–Kier alpha value is -0.830. The summed E-state index contributed by atoms with van der Waals surface area (Å²) >= 11 is 3.44. The van der Waals surface area contributed by atoms with Crippen LogP contribution in [-0.2, 0) is 4.74 Å². The molecule has 0 aliphatic heterocycles. The molecule has 0 amide bonds. The van der Waals surface area contributed by atoms with E-state index in [2.05, 4.69) is 15.9 Å². The molecule has 0 atom stereocenters. The van der Waals surface area contributed by atoms with Gasteiger partial charge in [0, 0.05) is 4.47 Å². The smallest absolute Gasteiger partial charge is 0.338 e. The van der Waals surface area contributed by atoms with Gasteiger partial charge >= 0.3 is 5.97 Å². The molecular weight excluding hydrogens is 268 g/mol. The molecule has 1 aromatic rings. The standard InChI is InChI=1S/C13H17BrO2/c1-8-7-11(14)9(2)6-10(8)12(15)16-13(3,4)5/h6-7H,1-5H3. The lowest BCUT2D eigenvalue weighted by molar-refractivity contribution is 0.00686. The molecule has 16 heavy (non-hydrogen) atoms. The summed E-state index contributed by atoms with van der Waals surface area (Å²) in [6, 6.07) is 3.79. The quantitative estimate of drug-likeness (QED) is 0.728.